The number of sulfonamides is 1. The maximum Gasteiger partial charge on any atom is 0.251 e. The molecule has 0 saturated heterocycles. The SMILES string of the molecule is COc1ccc2c(c1)nc(CCNC(=O)c1ccc(S(=O)(=O)N(C)C)cc1)n2C. The number of amides is 1. The Morgan fingerprint density at radius 3 is 2.48 bits per heavy atom. The average Bonchev–Trinajstić information content (AvgIpc) is 3.02. The zero-order valence-electron chi connectivity index (χ0n) is 16.8. The molecule has 0 aliphatic carbocycles. The van der Waals surface area contributed by atoms with Gasteiger partial charge >= 0.3 is 0 Å². The topological polar surface area (TPSA) is 93.5 Å². The van der Waals surface area contributed by atoms with E-state index in [4.69, 9.17) is 4.74 Å². The minimum atomic E-state index is -3.51. The van der Waals surface area contributed by atoms with E-state index in [9.17, 15) is 13.2 Å². The molecular weight excluding hydrogens is 392 g/mol. The van der Waals surface area contributed by atoms with Crippen LogP contribution in [-0.2, 0) is 23.5 Å². The summed E-state index contributed by atoms with van der Waals surface area (Å²) < 4.78 is 32.5. The number of hydrogen-bond donors (Lipinski definition) is 1. The summed E-state index contributed by atoms with van der Waals surface area (Å²) in [6.07, 6.45) is 0.562. The molecule has 0 aliphatic rings. The highest BCUT2D eigenvalue weighted by atomic mass is 32.2. The fraction of sp³-hybridized carbons (Fsp3) is 0.300. The Hall–Kier alpha value is -2.91. The number of methoxy groups -OCH3 is 1. The van der Waals surface area contributed by atoms with Crippen molar-refractivity contribution in [2.75, 3.05) is 27.7 Å². The second kappa shape index (κ2) is 8.22. The minimum Gasteiger partial charge on any atom is -0.497 e. The maximum atomic E-state index is 12.4. The molecule has 1 N–H and O–H groups in total. The van der Waals surface area contributed by atoms with Crippen LogP contribution in [0, 0.1) is 0 Å². The van der Waals surface area contributed by atoms with Gasteiger partial charge in [-0.15, -0.1) is 0 Å². The Labute approximate surface area is 170 Å². The van der Waals surface area contributed by atoms with Gasteiger partial charge in [0.1, 0.15) is 11.6 Å². The zero-order chi connectivity index (χ0) is 21.2. The molecule has 0 fully saturated rings. The molecule has 1 amide bonds. The van der Waals surface area contributed by atoms with Gasteiger partial charge in [-0.05, 0) is 36.4 Å². The molecule has 154 valence electrons. The third-order valence-electron chi connectivity index (χ3n) is 4.71. The lowest BCUT2D eigenvalue weighted by atomic mass is 10.2. The van der Waals surface area contributed by atoms with Crippen molar-refractivity contribution in [2.24, 2.45) is 7.05 Å². The van der Waals surface area contributed by atoms with Crippen molar-refractivity contribution in [1.29, 1.82) is 0 Å². The number of hydrogen-bond acceptors (Lipinski definition) is 5. The highest BCUT2D eigenvalue weighted by molar-refractivity contribution is 7.89. The number of imidazole rings is 1. The Morgan fingerprint density at radius 2 is 1.86 bits per heavy atom. The second-order valence-corrected chi connectivity index (χ2v) is 8.91. The molecule has 0 atom stereocenters. The van der Waals surface area contributed by atoms with Gasteiger partial charge in [-0.2, -0.15) is 0 Å². The summed E-state index contributed by atoms with van der Waals surface area (Å²) in [4.78, 5) is 17.1. The Balaban J connectivity index is 1.64. The van der Waals surface area contributed by atoms with E-state index >= 15 is 0 Å². The first kappa shape index (κ1) is 20.8. The van der Waals surface area contributed by atoms with Crippen molar-refractivity contribution < 1.29 is 17.9 Å². The van der Waals surface area contributed by atoms with Crippen LogP contribution >= 0.6 is 0 Å². The third-order valence-corrected chi connectivity index (χ3v) is 6.54. The molecule has 0 saturated carbocycles. The van der Waals surface area contributed by atoms with Gasteiger partial charge in [0.2, 0.25) is 10.0 Å². The first-order chi connectivity index (χ1) is 13.7. The number of fused-ring (bicyclic) bond motifs is 1. The van der Waals surface area contributed by atoms with E-state index in [1.165, 1.54) is 38.4 Å². The van der Waals surface area contributed by atoms with Gasteiger partial charge in [-0.1, -0.05) is 0 Å². The van der Waals surface area contributed by atoms with Crippen molar-refractivity contribution in [3.63, 3.8) is 0 Å². The molecule has 8 nitrogen and oxygen atoms in total. The summed E-state index contributed by atoms with van der Waals surface area (Å²) >= 11 is 0. The first-order valence-electron chi connectivity index (χ1n) is 9.04. The van der Waals surface area contributed by atoms with Gasteiger partial charge in [0.25, 0.3) is 5.91 Å². The summed E-state index contributed by atoms with van der Waals surface area (Å²) in [5.41, 5.74) is 2.23. The minimum absolute atomic E-state index is 0.147. The quantitative estimate of drug-likeness (QED) is 0.634. The predicted molar refractivity (Wildman–Crippen MR) is 111 cm³/mol. The van der Waals surface area contributed by atoms with Crippen molar-refractivity contribution in [1.82, 2.24) is 19.2 Å². The lowest BCUT2D eigenvalue weighted by Gasteiger charge is -2.11. The molecule has 2 aromatic carbocycles. The number of aromatic nitrogens is 2. The number of rotatable bonds is 7. The second-order valence-electron chi connectivity index (χ2n) is 6.76. The number of benzene rings is 2. The van der Waals surface area contributed by atoms with Crippen LogP contribution in [-0.4, -0.2) is 55.9 Å². The predicted octanol–water partition coefficient (Wildman–Crippen LogP) is 1.80. The highest BCUT2D eigenvalue weighted by Gasteiger charge is 2.17. The van der Waals surface area contributed by atoms with E-state index in [-0.39, 0.29) is 10.8 Å². The van der Waals surface area contributed by atoms with Gasteiger partial charge in [-0.3, -0.25) is 4.79 Å². The van der Waals surface area contributed by atoms with Crippen LogP contribution in [0.25, 0.3) is 11.0 Å². The molecule has 0 unspecified atom stereocenters. The summed E-state index contributed by atoms with van der Waals surface area (Å²) in [7, 11) is 2.96. The van der Waals surface area contributed by atoms with Crippen LogP contribution in [0.1, 0.15) is 16.2 Å². The number of carbonyl (C=O) groups excluding carboxylic acids is 1. The number of carbonyl (C=O) groups is 1. The van der Waals surface area contributed by atoms with Crippen LogP contribution in [0.15, 0.2) is 47.4 Å². The zero-order valence-corrected chi connectivity index (χ0v) is 17.7. The van der Waals surface area contributed by atoms with Crippen LogP contribution in [0.4, 0.5) is 0 Å². The van der Waals surface area contributed by atoms with Crippen molar-refractivity contribution in [3.05, 3.63) is 53.9 Å². The van der Waals surface area contributed by atoms with Crippen molar-refractivity contribution >= 4 is 27.0 Å². The van der Waals surface area contributed by atoms with Crippen LogP contribution in [0.5, 0.6) is 5.75 Å². The molecule has 1 heterocycles. The summed E-state index contributed by atoms with van der Waals surface area (Å²) in [5, 5.41) is 2.85. The summed E-state index contributed by atoms with van der Waals surface area (Å²) in [5.74, 6) is 1.33. The fourth-order valence-corrected chi connectivity index (χ4v) is 3.86. The Kier molecular flexibility index (Phi) is 5.90. The van der Waals surface area contributed by atoms with Crippen LogP contribution < -0.4 is 10.1 Å². The molecular formula is C20H24N4O4S. The lowest BCUT2D eigenvalue weighted by molar-refractivity contribution is 0.0954. The van der Waals surface area contributed by atoms with Gasteiger partial charge < -0.3 is 14.6 Å². The van der Waals surface area contributed by atoms with Crippen molar-refractivity contribution in [2.45, 2.75) is 11.3 Å². The fourth-order valence-electron chi connectivity index (χ4n) is 2.96. The maximum absolute atomic E-state index is 12.4. The summed E-state index contributed by atoms with van der Waals surface area (Å²) in [6, 6.07) is 11.6. The molecule has 3 aromatic rings. The molecule has 0 bridgehead atoms. The van der Waals surface area contributed by atoms with Gasteiger partial charge in [0, 0.05) is 45.7 Å². The Bertz CT molecular complexity index is 1140. The standard InChI is InChI=1S/C20H24N4O4S/c1-23(2)29(26,27)16-8-5-14(6-9-16)20(25)21-12-11-19-22-17-13-15(28-4)7-10-18(17)24(19)3/h5-10,13H,11-12H2,1-4H3,(H,21,25). The molecule has 9 heteroatoms. The molecule has 0 spiro atoms. The molecule has 0 radical (unpaired) electrons. The normalized spacial score (nSPS) is 11.8. The van der Waals surface area contributed by atoms with E-state index in [2.05, 4.69) is 10.3 Å². The molecule has 3 rings (SSSR count). The molecule has 0 aliphatic heterocycles. The highest BCUT2D eigenvalue weighted by Crippen LogP contribution is 2.21. The molecule has 29 heavy (non-hydrogen) atoms. The number of nitrogens with zero attached hydrogens (tertiary/aromatic N) is 3. The Morgan fingerprint density at radius 1 is 1.17 bits per heavy atom. The number of aryl methyl sites for hydroxylation is 1. The van der Waals surface area contributed by atoms with Crippen LogP contribution in [0.3, 0.4) is 0 Å². The van der Waals surface area contributed by atoms with Gasteiger partial charge in [0.05, 0.1) is 23.0 Å². The summed E-state index contributed by atoms with van der Waals surface area (Å²) in [6.45, 7) is 0.408. The van der Waals surface area contributed by atoms with Crippen LogP contribution in [0.2, 0.25) is 0 Å². The number of ether oxygens (including phenoxy) is 1. The van der Waals surface area contributed by atoms with Crippen molar-refractivity contribution in [3.8, 4) is 5.75 Å². The first-order valence-corrected chi connectivity index (χ1v) is 10.5. The smallest absolute Gasteiger partial charge is 0.251 e. The van der Waals surface area contributed by atoms with E-state index in [1.807, 2.05) is 29.8 Å². The van der Waals surface area contributed by atoms with Gasteiger partial charge in [0.15, 0.2) is 0 Å². The van der Waals surface area contributed by atoms with E-state index in [0.29, 0.717) is 18.5 Å². The molecule has 1 aromatic heterocycles. The van der Waals surface area contributed by atoms with E-state index < -0.39 is 10.0 Å². The average molecular weight is 417 g/mol. The number of nitrogens with one attached hydrogen (secondary N) is 1. The largest absolute Gasteiger partial charge is 0.497 e. The third kappa shape index (κ3) is 4.25. The monoisotopic (exact) mass is 416 g/mol. The lowest BCUT2D eigenvalue weighted by Crippen LogP contribution is -2.26. The van der Waals surface area contributed by atoms with E-state index in [0.717, 1.165) is 26.9 Å². The van der Waals surface area contributed by atoms with Gasteiger partial charge in [-0.25, -0.2) is 17.7 Å². The van der Waals surface area contributed by atoms with E-state index in [1.54, 1.807) is 7.11 Å².